The lowest BCUT2D eigenvalue weighted by molar-refractivity contribution is 0.343. The molecule has 21 heavy (non-hydrogen) atoms. The van der Waals surface area contributed by atoms with Gasteiger partial charge in [0.2, 0.25) is 0 Å². The topological polar surface area (TPSA) is 12.0 Å². The lowest BCUT2D eigenvalue weighted by Gasteiger charge is -2.28. The van der Waals surface area contributed by atoms with Crippen molar-refractivity contribution in [2.75, 3.05) is 0 Å². The maximum Gasteiger partial charge on any atom is 0.123 e. The highest BCUT2D eigenvalue weighted by Gasteiger charge is 2.28. The Bertz CT molecular complexity index is 543. The molecule has 1 aromatic heterocycles. The van der Waals surface area contributed by atoms with Crippen LogP contribution in [0.2, 0.25) is 0 Å². The SMILES string of the molecule is C[C@@H](NC(c1cccs1)C1CCCC1)c1ccc(F)cc1. The molecule has 2 atom stereocenters. The number of rotatable bonds is 5. The van der Waals surface area contributed by atoms with E-state index < -0.39 is 0 Å². The first-order valence-electron chi connectivity index (χ1n) is 7.79. The molecule has 112 valence electrons. The van der Waals surface area contributed by atoms with Crippen LogP contribution < -0.4 is 5.32 Å². The van der Waals surface area contributed by atoms with Gasteiger partial charge in [0.25, 0.3) is 0 Å². The van der Waals surface area contributed by atoms with Crippen LogP contribution in [0.1, 0.15) is 55.1 Å². The molecule has 2 aromatic rings. The number of nitrogens with one attached hydrogen (secondary N) is 1. The molecule has 1 fully saturated rings. The molecule has 0 saturated heterocycles. The smallest absolute Gasteiger partial charge is 0.123 e. The van der Waals surface area contributed by atoms with Gasteiger partial charge in [-0.25, -0.2) is 4.39 Å². The zero-order valence-electron chi connectivity index (χ0n) is 12.4. The second kappa shape index (κ2) is 6.71. The second-order valence-electron chi connectivity index (χ2n) is 5.98. The summed E-state index contributed by atoms with van der Waals surface area (Å²) in [4.78, 5) is 1.43. The van der Waals surface area contributed by atoms with Crippen LogP contribution in [0.5, 0.6) is 0 Å². The molecule has 1 N–H and O–H groups in total. The van der Waals surface area contributed by atoms with E-state index >= 15 is 0 Å². The molecular weight excluding hydrogens is 281 g/mol. The van der Waals surface area contributed by atoms with E-state index in [1.165, 1.54) is 30.6 Å². The summed E-state index contributed by atoms with van der Waals surface area (Å²) < 4.78 is 13.1. The highest BCUT2D eigenvalue weighted by Crippen LogP contribution is 2.38. The van der Waals surface area contributed by atoms with Crippen LogP contribution in [-0.4, -0.2) is 0 Å². The molecule has 0 bridgehead atoms. The van der Waals surface area contributed by atoms with Crippen LogP contribution in [0.4, 0.5) is 4.39 Å². The van der Waals surface area contributed by atoms with Gasteiger partial charge in [0.05, 0.1) is 0 Å². The van der Waals surface area contributed by atoms with E-state index in [4.69, 9.17) is 0 Å². The molecule has 1 nitrogen and oxygen atoms in total. The van der Waals surface area contributed by atoms with Crippen molar-refractivity contribution in [1.29, 1.82) is 0 Å². The Morgan fingerprint density at radius 1 is 1.14 bits per heavy atom. The Hall–Kier alpha value is -1.19. The lowest BCUT2D eigenvalue weighted by Crippen LogP contribution is -2.29. The fraction of sp³-hybridized carbons (Fsp3) is 0.444. The Morgan fingerprint density at radius 3 is 2.48 bits per heavy atom. The summed E-state index contributed by atoms with van der Waals surface area (Å²) in [6.45, 7) is 2.17. The van der Waals surface area contributed by atoms with E-state index in [1.807, 2.05) is 23.5 Å². The van der Waals surface area contributed by atoms with Crippen molar-refractivity contribution >= 4 is 11.3 Å². The zero-order valence-corrected chi connectivity index (χ0v) is 13.2. The summed E-state index contributed by atoms with van der Waals surface area (Å²) in [6.07, 6.45) is 5.32. The monoisotopic (exact) mass is 303 g/mol. The van der Waals surface area contributed by atoms with Gasteiger partial charge >= 0.3 is 0 Å². The summed E-state index contributed by atoms with van der Waals surface area (Å²) in [6, 6.07) is 11.9. The predicted molar refractivity (Wildman–Crippen MR) is 87.0 cm³/mol. The van der Waals surface area contributed by atoms with Crippen LogP contribution in [0.3, 0.4) is 0 Å². The molecule has 3 rings (SSSR count). The van der Waals surface area contributed by atoms with Crippen molar-refractivity contribution in [2.24, 2.45) is 5.92 Å². The molecule has 1 aliphatic rings. The number of hydrogen-bond donors (Lipinski definition) is 1. The Balaban J connectivity index is 1.76. The van der Waals surface area contributed by atoms with Gasteiger partial charge in [0, 0.05) is 17.0 Å². The Labute approximate surface area is 130 Å². The lowest BCUT2D eigenvalue weighted by atomic mass is 9.95. The van der Waals surface area contributed by atoms with Crippen LogP contribution >= 0.6 is 11.3 Å². The van der Waals surface area contributed by atoms with E-state index in [2.05, 4.69) is 29.8 Å². The van der Waals surface area contributed by atoms with Gasteiger partial charge in [-0.05, 0) is 54.8 Å². The molecule has 0 radical (unpaired) electrons. The molecule has 0 amide bonds. The van der Waals surface area contributed by atoms with Crippen molar-refractivity contribution in [3.63, 3.8) is 0 Å². The summed E-state index contributed by atoms with van der Waals surface area (Å²) in [5.74, 6) is 0.558. The first-order chi connectivity index (χ1) is 10.2. The standard InChI is InChI=1S/C18H22FNS/c1-13(14-8-10-16(19)11-9-14)20-18(15-5-2-3-6-15)17-7-4-12-21-17/h4,7-13,15,18,20H,2-3,5-6H2,1H3/t13-,18?/m1/s1. The van der Waals surface area contributed by atoms with Gasteiger partial charge in [0.15, 0.2) is 0 Å². The predicted octanol–water partition coefficient (Wildman–Crippen LogP) is 5.47. The first kappa shape index (κ1) is 14.7. The zero-order chi connectivity index (χ0) is 14.7. The average Bonchev–Trinajstić information content (AvgIpc) is 3.19. The molecule has 0 spiro atoms. The molecule has 1 heterocycles. The number of halogens is 1. The van der Waals surface area contributed by atoms with E-state index in [-0.39, 0.29) is 11.9 Å². The second-order valence-corrected chi connectivity index (χ2v) is 6.96. The minimum absolute atomic E-state index is 0.170. The normalized spacial score (nSPS) is 18.8. The number of hydrogen-bond acceptors (Lipinski definition) is 2. The van der Waals surface area contributed by atoms with Gasteiger partial charge in [0.1, 0.15) is 5.82 Å². The molecule has 3 heteroatoms. The molecule has 0 aliphatic heterocycles. The van der Waals surface area contributed by atoms with Crippen molar-refractivity contribution < 1.29 is 4.39 Å². The third kappa shape index (κ3) is 3.53. The maximum atomic E-state index is 13.1. The van der Waals surface area contributed by atoms with Crippen molar-refractivity contribution in [1.82, 2.24) is 5.32 Å². The van der Waals surface area contributed by atoms with Crippen LogP contribution in [0.25, 0.3) is 0 Å². The van der Waals surface area contributed by atoms with Gasteiger partial charge in [-0.2, -0.15) is 0 Å². The van der Waals surface area contributed by atoms with Crippen LogP contribution in [-0.2, 0) is 0 Å². The van der Waals surface area contributed by atoms with Crippen molar-refractivity contribution in [3.05, 3.63) is 58.0 Å². The fourth-order valence-corrected chi connectivity index (χ4v) is 4.21. The molecular formula is C18H22FNS. The molecule has 1 unspecified atom stereocenters. The van der Waals surface area contributed by atoms with Gasteiger partial charge < -0.3 is 5.32 Å². The van der Waals surface area contributed by atoms with E-state index in [0.29, 0.717) is 6.04 Å². The highest BCUT2D eigenvalue weighted by molar-refractivity contribution is 7.10. The van der Waals surface area contributed by atoms with Crippen LogP contribution in [0, 0.1) is 11.7 Å². The summed E-state index contributed by atoms with van der Waals surface area (Å²) in [5.41, 5.74) is 1.15. The summed E-state index contributed by atoms with van der Waals surface area (Å²) >= 11 is 1.84. The first-order valence-corrected chi connectivity index (χ1v) is 8.67. The highest BCUT2D eigenvalue weighted by atomic mass is 32.1. The Kier molecular flexibility index (Phi) is 4.71. The molecule has 1 saturated carbocycles. The quantitative estimate of drug-likeness (QED) is 0.772. The minimum Gasteiger partial charge on any atom is -0.302 e. The van der Waals surface area contributed by atoms with Gasteiger partial charge in [-0.15, -0.1) is 11.3 Å². The van der Waals surface area contributed by atoms with Crippen molar-refractivity contribution in [2.45, 2.75) is 44.7 Å². The third-order valence-electron chi connectivity index (χ3n) is 4.52. The summed E-state index contributed by atoms with van der Waals surface area (Å²) in [7, 11) is 0. The van der Waals surface area contributed by atoms with Crippen LogP contribution in [0.15, 0.2) is 41.8 Å². The number of benzene rings is 1. The Morgan fingerprint density at radius 2 is 1.86 bits per heavy atom. The minimum atomic E-state index is -0.170. The van der Waals surface area contributed by atoms with E-state index in [1.54, 1.807) is 12.1 Å². The average molecular weight is 303 g/mol. The van der Waals surface area contributed by atoms with E-state index in [0.717, 1.165) is 11.5 Å². The van der Waals surface area contributed by atoms with Gasteiger partial charge in [-0.1, -0.05) is 31.0 Å². The third-order valence-corrected chi connectivity index (χ3v) is 5.48. The summed E-state index contributed by atoms with van der Waals surface area (Å²) in [5, 5.41) is 5.94. The van der Waals surface area contributed by atoms with E-state index in [9.17, 15) is 4.39 Å². The van der Waals surface area contributed by atoms with Gasteiger partial charge in [-0.3, -0.25) is 0 Å². The number of thiophene rings is 1. The largest absolute Gasteiger partial charge is 0.302 e. The van der Waals surface area contributed by atoms with Crippen molar-refractivity contribution in [3.8, 4) is 0 Å². The fourth-order valence-electron chi connectivity index (χ4n) is 3.33. The maximum absolute atomic E-state index is 13.1. The molecule has 1 aliphatic carbocycles. The molecule has 1 aromatic carbocycles.